The van der Waals surface area contributed by atoms with E-state index in [0.717, 1.165) is 17.5 Å². The van der Waals surface area contributed by atoms with Crippen LogP contribution in [0.5, 0.6) is 0 Å². The largest absolute Gasteiger partial charge is 0.277 e. The molecule has 3 rings (SSSR count). The average Bonchev–Trinajstić information content (AvgIpc) is 2.57. The van der Waals surface area contributed by atoms with E-state index < -0.39 is 11.5 Å². The fourth-order valence-corrected chi connectivity index (χ4v) is 2.62. The first kappa shape index (κ1) is 16.4. The number of alkyl halides is 2. The summed E-state index contributed by atoms with van der Waals surface area (Å²) in [5.41, 5.74) is 0.528. The summed E-state index contributed by atoms with van der Waals surface area (Å²) in [4.78, 5) is 24.8. The van der Waals surface area contributed by atoms with Gasteiger partial charge in [-0.15, -0.1) is 0 Å². The first-order chi connectivity index (χ1) is 11.3. The number of aromatic nitrogens is 4. The van der Waals surface area contributed by atoms with Crippen molar-refractivity contribution in [3.05, 3.63) is 57.4 Å². The molecule has 124 valence electrons. The van der Waals surface area contributed by atoms with Gasteiger partial charge in [0.05, 0.1) is 5.69 Å². The molecule has 3 aromatic rings. The van der Waals surface area contributed by atoms with Gasteiger partial charge in [0, 0.05) is 24.9 Å². The molecule has 0 unspecified atom stereocenters. The molecule has 0 aromatic carbocycles. The van der Waals surface area contributed by atoms with Gasteiger partial charge < -0.3 is 0 Å². The van der Waals surface area contributed by atoms with Crippen LogP contribution in [-0.4, -0.2) is 19.4 Å². The molecular weight excluding hydrogens is 338 g/mol. The van der Waals surface area contributed by atoms with Gasteiger partial charge in [-0.3, -0.25) is 9.20 Å². The van der Waals surface area contributed by atoms with Crippen molar-refractivity contribution in [1.29, 1.82) is 0 Å². The molecule has 5 nitrogen and oxygen atoms in total. The summed E-state index contributed by atoms with van der Waals surface area (Å²) in [7, 11) is 0. The molecule has 0 saturated heterocycles. The molecule has 0 fully saturated rings. The zero-order valence-electron chi connectivity index (χ0n) is 12.9. The maximum absolute atomic E-state index is 13.7. The van der Waals surface area contributed by atoms with Gasteiger partial charge in [-0.25, -0.2) is 23.7 Å². The van der Waals surface area contributed by atoms with Crippen molar-refractivity contribution in [2.24, 2.45) is 0 Å². The molecule has 0 spiro atoms. The van der Waals surface area contributed by atoms with E-state index in [2.05, 4.69) is 15.0 Å². The predicted octanol–water partition coefficient (Wildman–Crippen LogP) is 3.48. The lowest BCUT2D eigenvalue weighted by Crippen LogP contribution is -2.21. The normalized spacial score (nSPS) is 11.9. The second-order valence-corrected chi connectivity index (χ2v) is 5.74. The summed E-state index contributed by atoms with van der Waals surface area (Å²) in [5, 5.41) is -0.176. The standard InChI is InChI=1S/C16H13ClF2N4O/c1-3-9-6-10(16(2,18)19)7-23-14(9)22-13(12(17)15(23)24)11-4-5-20-8-21-11/h4-8H,3H2,1-2H3. The van der Waals surface area contributed by atoms with Gasteiger partial charge in [0.15, 0.2) is 0 Å². The number of pyridine rings is 1. The fourth-order valence-electron chi connectivity index (χ4n) is 2.39. The molecule has 0 N–H and O–H groups in total. The molecule has 24 heavy (non-hydrogen) atoms. The third kappa shape index (κ3) is 2.75. The second kappa shape index (κ2) is 5.90. The maximum atomic E-state index is 13.7. The van der Waals surface area contributed by atoms with Crippen LogP contribution in [0.25, 0.3) is 17.0 Å². The van der Waals surface area contributed by atoms with Crippen molar-refractivity contribution in [2.45, 2.75) is 26.2 Å². The van der Waals surface area contributed by atoms with Gasteiger partial charge in [0.1, 0.15) is 22.7 Å². The highest BCUT2D eigenvalue weighted by atomic mass is 35.5. The number of hydrogen-bond donors (Lipinski definition) is 0. The first-order valence-corrected chi connectivity index (χ1v) is 7.60. The molecule has 0 atom stereocenters. The van der Waals surface area contributed by atoms with Crippen LogP contribution in [0.1, 0.15) is 25.0 Å². The van der Waals surface area contributed by atoms with Crippen LogP contribution >= 0.6 is 11.6 Å². The monoisotopic (exact) mass is 350 g/mol. The lowest BCUT2D eigenvalue weighted by Gasteiger charge is -2.15. The SMILES string of the molecule is CCc1cc(C(C)(F)F)cn2c(=O)c(Cl)c(-c3ccncn3)nc12. The van der Waals surface area contributed by atoms with Crippen LogP contribution < -0.4 is 5.56 Å². The van der Waals surface area contributed by atoms with Crippen LogP contribution in [0.3, 0.4) is 0 Å². The van der Waals surface area contributed by atoms with Gasteiger partial charge in [-0.05, 0) is 24.1 Å². The zero-order valence-corrected chi connectivity index (χ0v) is 13.7. The quantitative estimate of drug-likeness (QED) is 0.725. The number of hydrogen-bond acceptors (Lipinski definition) is 4. The molecular formula is C16H13ClF2N4O. The number of fused-ring (bicyclic) bond motifs is 1. The summed E-state index contributed by atoms with van der Waals surface area (Å²) < 4.78 is 28.4. The van der Waals surface area contributed by atoms with Crippen molar-refractivity contribution in [3.63, 3.8) is 0 Å². The van der Waals surface area contributed by atoms with E-state index in [-0.39, 0.29) is 21.9 Å². The summed E-state index contributed by atoms with van der Waals surface area (Å²) >= 11 is 6.13. The highest BCUT2D eigenvalue weighted by molar-refractivity contribution is 6.32. The fraction of sp³-hybridized carbons (Fsp3) is 0.250. The summed E-state index contributed by atoms with van der Waals surface area (Å²) in [5.74, 6) is -3.07. The molecule has 0 aliphatic rings. The van der Waals surface area contributed by atoms with Crippen molar-refractivity contribution >= 4 is 17.2 Å². The summed E-state index contributed by atoms with van der Waals surface area (Å²) in [6.07, 6.45) is 4.34. The second-order valence-electron chi connectivity index (χ2n) is 5.36. The Morgan fingerprint density at radius 3 is 2.71 bits per heavy atom. The molecule has 0 bridgehead atoms. The van der Waals surface area contributed by atoms with E-state index in [0.29, 0.717) is 17.7 Å². The molecule has 3 heterocycles. The smallest absolute Gasteiger partial charge is 0.267 e. The molecule has 0 aliphatic heterocycles. The van der Waals surface area contributed by atoms with Crippen LogP contribution in [0.4, 0.5) is 8.78 Å². The van der Waals surface area contributed by atoms with Gasteiger partial charge in [-0.2, -0.15) is 0 Å². The third-order valence-electron chi connectivity index (χ3n) is 3.66. The van der Waals surface area contributed by atoms with E-state index in [1.165, 1.54) is 18.6 Å². The van der Waals surface area contributed by atoms with Crippen LogP contribution in [0.2, 0.25) is 5.02 Å². The Balaban J connectivity index is 2.39. The van der Waals surface area contributed by atoms with Crippen LogP contribution in [0, 0.1) is 0 Å². The lowest BCUT2D eigenvalue weighted by atomic mass is 10.1. The molecule has 0 amide bonds. The molecule has 0 saturated carbocycles. The Kier molecular flexibility index (Phi) is 4.04. The van der Waals surface area contributed by atoms with Crippen molar-refractivity contribution in [2.75, 3.05) is 0 Å². The Labute approximate surface area is 141 Å². The molecule has 8 heteroatoms. The number of nitrogens with zero attached hydrogens (tertiary/aromatic N) is 4. The summed E-state index contributed by atoms with van der Waals surface area (Å²) in [6, 6.07) is 2.93. The first-order valence-electron chi connectivity index (χ1n) is 7.22. The Bertz CT molecular complexity index is 968. The van der Waals surface area contributed by atoms with Gasteiger partial charge >= 0.3 is 0 Å². The topological polar surface area (TPSA) is 60.2 Å². The van der Waals surface area contributed by atoms with Crippen molar-refractivity contribution in [1.82, 2.24) is 19.4 Å². The van der Waals surface area contributed by atoms with E-state index in [1.54, 1.807) is 13.0 Å². The van der Waals surface area contributed by atoms with E-state index in [9.17, 15) is 13.6 Å². The van der Waals surface area contributed by atoms with Crippen molar-refractivity contribution < 1.29 is 8.78 Å². The highest BCUT2D eigenvalue weighted by Crippen LogP contribution is 2.29. The van der Waals surface area contributed by atoms with E-state index in [1.807, 2.05) is 0 Å². The number of halogens is 3. The minimum Gasteiger partial charge on any atom is -0.267 e. The highest BCUT2D eigenvalue weighted by Gasteiger charge is 2.27. The van der Waals surface area contributed by atoms with Crippen molar-refractivity contribution in [3.8, 4) is 11.4 Å². The lowest BCUT2D eigenvalue weighted by molar-refractivity contribution is 0.0169. The minimum atomic E-state index is -3.07. The Morgan fingerprint density at radius 2 is 2.12 bits per heavy atom. The molecule has 3 aromatic heterocycles. The van der Waals surface area contributed by atoms with Crippen LogP contribution in [-0.2, 0) is 12.3 Å². The Hall–Kier alpha value is -2.41. The van der Waals surface area contributed by atoms with E-state index in [4.69, 9.17) is 11.6 Å². The van der Waals surface area contributed by atoms with Crippen LogP contribution in [0.15, 0.2) is 35.6 Å². The Morgan fingerprint density at radius 1 is 1.38 bits per heavy atom. The molecule has 0 aliphatic carbocycles. The summed E-state index contributed by atoms with van der Waals surface area (Å²) in [6.45, 7) is 2.58. The van der Waals surface area contributed by atoms with Gasteiger partial charge in [-0.1, -0.05) is 18.5 Å². The maximum Gasteiger partial charge on any atom is 0.277 e. The third-order valence-corrected chi connectivity index (χ3v) is 4.00. The minimum absolute atomic E-state index is 0.176. The van der Waals surface area contributed by atoms with Gasteiger partial charge in [0.2, 0.25) is 0 Å². The van der Waals surface area contributed by atoms with E-state index >= 15 is 0 Å². The molecule has 0 radical (unpaired) electrons. The average molecular weight is 351 g/mol. The van der Waals surface area contributed by atoms with Gasteiger partial charge in [0.25, 0.3) is 11.5 Å². The number of rotatable bonds is 3. The number of aryl methyl sites for hydroxylation is 1. The predicted molar refractivity (Wildman–Crippen MR) is 86.4 cm³/mol. The zero-order chi connectivity index (χ0) is 17.5.